The summed E-state index contributed by atoms with van der Waals surface area (Å²) in [7, 11) is 0. The van der Waals surface area contributed by atoms with Crippen molar-refractivity contribution in [3.63, 3.8) is 0 Å². The van der Waals surface area contributed by atoms with E-state index in [-0.39, 0.29) is 36.7 Å². The van der Waals surface area contributed by atoms with E-state index in [1.54, 1.807) is 10.7 Å². The second-order valence-corrected chi connectivity index (χ2v) is 6.46. The second kappa shape index (κ2) is 7.55. The maximum absolute atomic E-state index is 13.9. The lowest BCUT2D eigenvalue weighted by molar-refractivity contribution is -0.135. The Labute approximate surface area is 155 Å². The lowest BCUT2D eigenvalue weighted by Gasteiger charge is -2.28. The molecule has 0 saturated carbocycles. The van der Waals surface area contributed by atoms with Gasteiger partial charge in [-0.3, -0.25) is 14.9 Å². The Balaban J connectivity index is 0.00000196. The van der Waals surface area contributed by atoms with Crippen molar-refractivity contribution in [2.24, 2.45) is 0 Å². The zero-order valence-electron chi connectivity index (χ0n) is 13.9. The molecule has 4 rings (SSSR count). The number of fused-ring (bicyclic) bond motifs is 1. The number of nitrogens with one attached hydrogen (secondary N) is 3. The molecule has 1 aromatic heterocycles. The first kappa shape index (κ1) is 18.5. The van der Waals surface area contributed by atoms with Gasteiger partial charge in [0.15, 0.2) is 0 Å². The van der Waals surface area contributed by atoms with Gasteiger partial charge in [-0.15, -0.1) is 17.5 Å². The fraction of sp³-hybridized carbons (Fsp3) is 0.500. The van der Waals surface area contributed by atoms with Gasteiger partial charge in [-0.05, 0) is 37.6 Å². The smallest absolute Gasteiger partial charge is 0.251 e. The lowest BCUT2D eigenvalue weighted by Crippen LogP contribution is -2.45. The summed E-state index contributed by atoms with van der Waals surface area (Å²) in [5, 5.41) is 16.8. The highest BCUT2D eigenvalue weighted by molar-refractivity contribution is 6.00. The van der Waals surface area contributed by atoms with Gasteiger partial charge in [0.2, 0.25) is 5.91 Å². The predicted molar refractivity (Wildman–Crippen MR) is 96.0 cm³/mol. The zero-order valence-corrected chi connectivity index (χ0v) is 14.8. The molecule has 0 radical (unpaired) electrons. The van der Waals surface area contributed by atoms with Crippen LogP contribution >= 0.6 is 12.4 Å². The minimum absolute atomic E-state index is 0. The molecular weight excluding hydrogens is 363 g/mol. The van der Waals surface area contributed by atoms with Crippen LogP contribution in [-0.4, -0.2) is 52.1 Å². The van der Waals surface area contributed by atoms with Crippen molar-refractivity contribution in [3.8, 4) is 0 Å². The molecule has 3 atom stereocenters. The minimum atomic E-state index is -0.941. The lowest BCUT2D eigenvalue weighted by atomic mass is 10.0. The van der Waals surface area contributed by atoms with E-state index in [2.05, 4.69) is 26.3 Å². The average molecular weight is 383 g/mol. The van der Waals surface area contributed by atoms with E-state index in [0.717, 1.165) is 12.2 Å². The number of hydrogen-bond acceptors (Lipinski definition) is 6. The van der Waals surface area contributed by atoms with Crippen molar-refractivity contribution < 1.29 is 14.0 Å². The van der Waals surface area contributed by atoms with Gasteiger partial charge in [0.25, 0.3) is 5.91 Å². The summed E-state index contributed by atoms with van der Waals surface area (Å²) in [6.07, 6.45) is 0.457. The fourth-order valence-corrected chi connectivity index (χ4v) is 3.37. The van der Waals surface area contributed by atoms with Crippen LogP contribution in [0.5, 0.6) is 0 Å². The second-order valence-electron chi connectivity index (χ2n) is 6.46. The summed E-state index contributed by atoms with van der Waals surface area (Å²) in [6.45, 7) is 1.14. The molecule has 2 aromatic rings. The number of anilines is 1. The predicted octanol–water partition coefficient (Wildman–Crippen LogP) is 0.943. The molecule has 2 saturated heterocycles. The van der Waals surface area contributed by atoms with E-state index in [0.29, 0.717) is 30.4 Å². The Morgan fingerprint density at radius 3 is 2.88 bits per heavy atom. The number of rotatable bonds is 3. The highest BCUT2D eigenvalue weighted by atomic mass is 35.5. The number of hydrogen-bond donors (Lipinski definition) is 3. The number of alkyl halides is 1. The van der Waals surface area contributed by atoms with E-state index < -0.39 is 12.2 Å². The van der Waals surface area contributed by atoms with E-state index in [1.165, 1.54) is 0 Å². The van der Waals surface area contributed by atoms with Crippen molar-refractivity contribution in [2.45, 2.75) is 37.5 Å². The Morgan fingerprint density at radius 1 is 1.27 bits per heavy atom. The topological polar surface area (TPSA) is 101 Å². The Morgan fingerprint density at radius 2 is 2.12 bits per heavy atom. The Kier molecular flexibility index (Phi) is 5.38. The van der Waals surface area contributed by atoms with Gasteiger partial charge >= 0.3 is 0 Å². The van der Waals surface area contributed by atoms with Gasteiger partial charge in [-0.25, -0.2) is 9.07 Å². The Bertz CT molecular complexity index is 828. The minimum Gasteiger partial charge on any atom is -0.379 e. The monoisotopic (exact) mass is 382 g/mol. The summed E-state index contributed by atoms with van der Waals surface area (Å²) >= 11 is 0. The third-order valence-corrected chi connectivity index (χ3v) is 4.74. The number of imide groups is 1. The molecule has 0 bridgehead atoms. The molecule has 10 heteroatoms. The van der Waals surface area contributed by atoms with E-state index in [4.69, 9.17) is 0 Å². The molecule has 8 nitrogen and oxygen atoms in total. The summed E-state index contributed by atoms with van der Waals surface area (Å²) in [6, 6.07) is 4.68. The summed E-state index contributed by atoms with van der Waals surface area (Å²) in [4.78, 5) is 23.3. The zero-order chi connectivity index (χ0) is 17.4. The van der Waals surface area contributed by atoms with Crippen LogP contribution in [0.1, 0.15) is 25.3 Å². The van der Waals surface area contributed by atoms with Gasteiger partial charge in [0.05, 0.1) is 11.6 Å². The molecule has 2 amide bonds. The number of piperidine rings is 2. The summed E-state index contributed by atoms with van der Waals surface area (Å²) in [5.41, 5.74) is 2.11. The van der Waals surface area contributed by atoms with Gasteiger partial charge < -0.3 is 10.6 Å². The van der Waals surface area contributed by atoms with E-state index in [9.17, 15) is 14.0 Å². The Hall–Kier alpha value is -2.26. The highest BCUT2D eigenvalue weighted by Gasteiger charge is 2.30. The largest absolute Gasteiger partial charge is 0.379 e. The molecule has 3 N–H and O–H groups in total. The van der Waals surface area contributed by atoms with Crippen molar-refractivity contribution in [1.82, 2.24) is 25.6 Å². The number of carbonyl (C=O) groups excluding carboxylic acids is 2. The highest BCUT2D eigenvalue weighted by Crippen LogP contribution is 2.25. The van der Waals surface area contributed by atoms with Crippen LogP contribution in [0.4, 0.5) is 10.1 Å². The molecule has 140 valence electrons. The number of benzene rings is 1. The maximum Gasteiger partial charge on any atom is 0.251 e. The third-order valence-electron chi connectivity index (χ3n) is 4.74. The standard InChI is InChI=1S/C16H19FN6O2.ClH/c17-10-8-18-6-5-11(10)19-9-1-2-13-12(7-9)21-22-23(13)14-3-4-15(24)20-16(14)25;/h1-2,7,10-11,14,18-19H,3-6,8H2,(H,20,24,25);1H/t10-,11-,14?;/m0./s1. The molecule has 26 heavy (non-hydrogen) atoms. The first-order valence-corrected chi connectivity index (χ1v) is 8.42. The molecule has 1 unspecified atom stereocenters. The molecular formula is C16H20ClFN6O2. The van der Waals surface area contributed by atoms with Crippen molar-refractivity contribution in [3.05, 3.63) is 18.2 Å². The van der Waals surface area contributed by atoms with Crippen LogP contribution in [0, 0.1) is 0 Å². The van der Waals surface area contributed by atoms with E-state index in [1.807, 2.05) is 12.1 Å². The summed E-state index contributed by atoms with van der Waals surface area (Å²) in [5.74, 6) is -0.625. The third kappa shape index (κ3) is 3.49. The SMILES string of the molecule is Cl.O=C1CCC(n2nnc3cc(N[C@H]4CCNC[C@@H]4F)ccc32)C(=O)N1. The van der Waals surface area contributed by atoms with Gasteiger partial charge in [0.1, 0.15) is 17.7 Å². The van der Waals surface area contributed by atoms with Crippen molar-refractivity contribution in [2.75, 3.05) is 18.4 Å². The van der Waals surface area contributed by atoms with Crippen LogP contribution in [0.25, 0.3) is 11.0 Å². The quantitative estimate of drug-likeness (QED) is 0.683. The van der Waals surface area contributed by atoms with Crippen LogP contribution < -0.4 is 16.0 Å². The van der Waals surface area contributed by atoms with Crippen LogP contribution in [0.2, 0.25) is 0 Å². The van der Waals surface area contributed by atoms with Gasteiger partial charge in [-0.1, -0.05) is 5.21 Å². The van der Waals surface area contributed by atoms with Crippen LogP contribution in [-0.2, 0) is 9.59 Å². The molecule has 1 aromatic carbocycles. The number of nitrogens with zero attached hydrogens (tertiary/aromatic N) is 3. The average Bonchev–Trinajstić information content (AvgIpc) is 3.00. The molecule has 2 aliphatic heterocycles. The van der Waals surface area contributed by atoms with Crippen molar-refractivity contribution >= 4 is 40.9 Å². The van der Waals surface area contributed by atoms with Crippen LogP contribution in [0.3, 0.4) is 0 Å². The van der Waals surface area contributed by atoms with E-state index >= 15 is 0 Å². The molecule has 3 heterocycles. The number of halogens is 2. The fourth-order valence-electron chi connectivity index (χ4n) is 3.37. The maximum atomic E-state index is 13.9. The molecule has 0 aliphatic carbocycles. The first-order valence-electron chi connectivity index (χ1n) is 8.42. The normalized spacial score (nSPS) is 26.3. The number of aromatic nitrogens is 3. The molecule has 2 aliphatic rings. The van der Waals surface area contributed by atoms with Crippen LogP contribution in [0.15, 0.2) is 18.2 Å². The number of carbonyl (C=O) groups is 2. The molecule has 0 spiro atoms. The first-order chi connectivity index (χ1) is 12.1. The number of amides is 2. The van der Waals surface area contributed by atoms with Gasteiger partial charge in [-0.2, -0.15) is 0 Å². The van der Waals surface area contributed by atoms with Gasteiger partial charge in [0, 0.05) is 18.7 Å². The molecule has 2 fully saturated rings. The summed E-state index contributed by atoms with van der Waals surface area (Å²) < 4.78 is 15.5. The van der Waals surface area contributed by atoms with Crippen molar-refractivity contribution in [1.29, 1.82) is 0 Å².